The Morgan fingerprint density at radius 1 is 1.16 bits per heavy atom. The van der Waals surface area contributed by atoms with Crippen LogP contribution in [-0.2, 0) is 15.3 Å². The quantitative estimate of drug-likeness (QED) is 0.745. The topological polar surface area (TPSA) is 55.4 Å². The van der Waals surface area contributed by atoms with Crippen LogP contribution in [0.4, 0.5) is 5.69 Å². The lowest BCUT2D eigenvalue weighted by Crippen LogP contribution is -2.23. The maximum Gasteiger partial charge on any atom is 0.338 e. The maximum atomic E-state index is 12.4. The summed E-state index contributed by atoms with van der Waals surface area (Å²) in [6, 6.07) is 15.2. The SMILES string of the molecule is CCOC(=O)c1ccc(NC(=O)[C@@H](C)SCc2ccccc2)c(C)c1. The molecular formula is C20H23NO3S. The summed E-state index contributed by atoms with van der Waals surface area (Å²) in [7, 11) is 0. The molecule has 132 valence electrons. The number of amides is 1. The van der Waals surface area contributed by atoms with Crippen molar-refractivity contribution in [3.8, 4) is 0 Å². The summed E-state index contributed by atoms with van der Waals surface area (Å²) in [5.41, 5.74) is 3.23. The number of thioether (sulfide) groups is 1. The second-order valence-electron chi connectivity index (χ2n) is 5.68. The highest BCUT2D eigenvalue weighted by atomic mass is 32.2. The number of nitrogens with one attached hydrogen (secondary N) is 1. The van der Waals surface area contributed by atoms with Crippen molar-refractivity contribution in [3.05, 3.63) is 65.2 Å². The van der Waals surface area contributed by atoms with Gasteiger partial charge in [-0.1, -0.05) is 30.3 Å². The van der Waals surface area contributed by atoms with E-state index in [-0.39, 0.29) is 17.1 Å². The molecule has 0 fully saturated rings. The van der Waals surface area contributed by atoms with Crippen LogP contribution in [0, 0.1) is 6.92 Å². The third kappa shape index (κ3) is 5.64. The zero-order chi connectivity index (χ0) is 18.2. The molecule has 0 aromatic heterocycles. The Kier molecular flexibility index (Phi) is 7.07. The first-order valence-electron chi connectivity index (χ1n) is 8.25. The number of rotatable bonds is 7. The van der Waals surface area contributed by atoms with E-state index in [0.29, 0.717) is 17.9 Å². The van der Waals surface area contributed by atoms with Crippen molar-refractivity contribution in [2.24, 2.45) is 0 Å². The third-order valence-electron chi connectivity index (χ3n) is 3.71. The minimum absolute atomic E-state index is 0.0482. The van der Waals surface area contributed by atoms with Gasteiger partial charge in [0.15, 0.2) is 0 Å². The molecule has 4 nitrogen and oxygen atoms in total. The molecule has 0 unspecified atom stereocenters. The molecule has 2 aromatic rings. The molecule has 0 aliphatic carbocycles. The Labute approximate surface area is 153 Å². The van der Waals surface area contributed by atoms with Crippen molar-refractivity contribution >= 4 is 29.3 Å². The fourth-order valence-corrected chi connectivity index (χ4v) is 3.10. The highest BCUT2D eigenvalue weighted by Crippen LogP contribution is 2.21. The Morgan fingerprint density at radius 3 is 2.52 bits per heavy atom. The molecule has 0 aliphatic rings. The predicted octanol–water partition coefficient (Wildman–Crippen LogP) is 4.43. The van der Waals surface area contributed by atoms with E-state index < -0.39 is 0 Å². The van der Waals surface area contributed by atoms with Crippen molar-refractivity contribution in [2.75, 3.05) is 11.9 Å². The summed E-state index contributed by atoms with van der Waals surface area (Å²) >= 11 is 1.59. The van der Waals surface area contributed by atoms with Crippen LogP contribution in [0.3, 0.4) is 0 Å². The average Bonchev–Trinajstić information content (AvgIpc) is 2.62. The van der Waals surface area contributed by atoms with E-state index in [1.165, 1.54) is 5.56 Å². The van der Waals surface area contributed by atoms with Crippen molar-refractivity contribution in [1.29, 1.82) is 0 Å². The summed E-state index contributed by atoms with van der Waals surface area (Å²) < 4.78 is 4.99. The highest BCUT2D eigenvalue weighted by molar-refractivity contribution is 7.99. The normalized spacial score (nSPS) is 11.6. The number of hydrogen-bond donors (Lipinski definition) is 1. The van der Waals surface area contributed by atoms with Gasteiger partial charge in [-0.3, -0.25) is 4.79 Å². The molecule has 0 radical (unpaired) electrons. The lowest BCUT2D eigenvalue weighted by atomic mass is 10.1. The number of benzene rings is 2. The van der Waals surface area contributed by atoms with Crippen LogP contribution in [0.15, 0.2) is 48.5 Å². The van der Waals surface area contributed by atoms with Crippen LogP contribution in [0.5, 0.6) is 0 Å². The summed E-state index contributed by atoms with van der Waals surface area (Å²) in [6.45, 7) is 5.87. The molecular weight excluding hydrogens is 334 g/mol. The molecule has 1 N–H and O–H groups in total. The molecule has 5 heteroatoms. The Morgan fingerprint density at radius 2 is 1.88 bits per heavy atom. The van der Waals surface area contributed by atoms with Gasteiger partial charge >= 0.3 is 5.97 Å². The van der Waals surface area contributed by atoms with E-state index in [0.717, 1.165) is 11.3 Å². The van der Waals surface area contributed by atoms with Crippen LogP contribution < -0.4 is 5.32 Å². The van der Waals surface area contributed by atoms with Gasteiger partial charge in [-0.2, -0.15) is 0 Å². The number of hydrogen-bond acceptors (Lipinski definition) is 4. The number of aryl methyl sites for hydroxylation is 1. The van der Waals surface area contributed by atoms with Gasteiger partial charge < -0.3 is 10.1 Å². The Balaban J connectivity index is 1.94. The lowest BCUT2D eigenvalue weighted by molar-refractivity contribution is -0.115. The number of carbonyl (C=O) groups excluding carboxylic acids is 2. The smallest absolute Gasteiger partial charge is 0.338 e. The molecule has 0 saturated carbocycles. The van der Waals surface area contributed by atoms with Gasteiger partial charge in [0, 0.05) is 11.4 Å². The van der Waals surface area contributed by atoms with E-state index in [1.54, 1.807) is 36.9 Å². The molecule has 1 amide bonds. The molecule has 0 bridgehead atoms. The molecule has 2 aromatic carbocycles. The van der Waals surface area contributed by atoms with Crippen molar-refractivity contribution in [2.45, 2.75) is 31.8 Å². The first-order valence-corrected chi connectivity index (χ1v) is 9.30. The summed E-state index contributed by atoms with van der Waals surface area (Å²) in [5.74, 6) is 0.388. The largest absolute Gasteiger partial charge is 0.462 e. The van der Waals surface area contributed by atoms with Gasteiger partial charge in [0.25, 0.3) is 0 Å². The van der Waals surface area contributed by atoms with Crippen LogP contribution in [0.25, 0.3) is 0 Å². The Bertz CT molecular complexity index is 731. The number of anilines is 1. The second-order valence-corrected chi connectivity index (χ2v) is 7.01. The molecule has 25 heavy (non-hydrogen) atoms. The lowest BCUT2D eigenvalue weighted by Gasteiger charge is -2.14. The van der Waals surface area contributed by atoms with E-state index in [9.17, 15) is 9.59 Å². The molecule has 0 spiro atoms. The van der Waals surface area contributed by atoms with Crippen LogP contribution in [0.2, 0.25) is 0 Å². The molecule has 0 aliphatic heterocycles. The zero-order valence-electron chi connectivity index (χ0n) is 14.7. The van der Waals surface area contributed by atoms with Gasteiger partial charge in [0.2, 0.25) is 5.91 Å². The van der Waals surface area contributed by atoms with Crippen molar-refractivity contribution in [3.63, 3.8) is 0 Å². The zero-order valence-corrected chi connectivity index (χ0v) is 15.6. The van der Waals surface area contributed by atoms with E-state index in [2.05, 4.69) is 17.4 Å². The molecule has 2 rings (SSSR count). The molecule has 0 heterocycles. The van der Waals surface area contributed by atoms with E-state index in [4.69, 9.17) is 4.74 Å². The Hall–Kier alpha value is -2.27. The number of carbonyl (C=O) groups is 2. The minimum atomic E-state index is -0.352. The fourth-order valence-electron chi connectivity index (χ4n) is 2.25. The van der Waals surface area contributed by atoms with Crippen LogP contribution in [0.1, 0.15) is 35.3 Å². The van der Waals surface area contributed by atoms with Gasteiger partial charge in [0.05, 0.1) is 17.4 Å². The van der Waals surface area contributed by atoms with Gasteiger partial charge in [-0.25, -0.2) is 4.79 Å². The number of ether oxygens (including phenoxy) is 1. The van der Waals surface area contributed by atoms with Gasteiger partial charge in [-0.15, -0.1) is 11.8 Å². The third-order valence-corrected chi connectivity index (χ3v) is 4.92. The first kappa shape index (κ1) is 19.1. The van der Waals surface area contributed by atoms with Crippen molar-refractivity contribution < 1.29 is 14.3 Å². The maximum absolute atomic E-state index is 12.4. The van der Waals surface area contributed by atoms with E-state index >= 15 is 0 Å². The minimum Gasteiger partial charge on any atom is -0.462 e. The highest BCUT2D eigenvalue weighted by Gasteiger charge is 2.15. The summed E-state index contributed by atoms with van der Waals surface area (Å²) in [6.07, 6.45) is 0. The first-order chi connectivity index (χ1) is 12.0. The van der Waals surface area contributed by atoms with Crippen LogP contribution in [-0.4, -0.2) is 23.7 Å². The monoisotopic (exact) mass is 357 g/mol. The second kappa shape index (κ2) is 9.28. The van der Waals surface area contributed by atoms with Gasteiger partial charge in [0.1, 0.15) is 0 Å². The fraction of sp³-hybridized carbons (Fsp3) is 0.300. The standard InChI is InChI=1S/C20H23NO3S/c1-4-24-20(23)17-10-11-18(14(2)12-17)21-19(22)15(3)25-13-16-8-6-5-7-9-16/h5-12,15H,4,13H2,1-3H3,(H,21,22)/t15-/m1/s1. The summed E-state index contributed by atoms with van der Waals surface area (Å²) in [4.78, 5) is 24.1. The predicted molar refractivity (Wildman–Crippen MR) is 103 cm³/mol. The molecule has 1 atom stereocenters. The van der Waals surface area contributed by atoms with Crippen LogP contribution >= 0.6 is 11.8 Å². The van der Waals surface area contributed by atoms with E-state index in [1.807, 2.05) is 32.0 Å². The molecule has 0 saturated heterocycles. The van der Waals surface area contributed by atoms with Gasteiger partial charge in [-0.05, 0) is 50.1 Å². The van der Waals surface area contributed by atoms with Crippen molar-refractivity contribution in [1.82, 2.24) is 0 Å². The average molecular weight is 357 g/mol. The number of esters is 1. The summed E-state index contributed by atoms with van der Waals surface area (Å²) in [5, 5.41) is 2.76.